The average molecular weight is 397 g/mol. The maximum absolute atomic E-state index is 12.2. The lowest BCUT2D eigenvalue weighted by atomic mass is 10.1. The number of rotatable bonds is 4. The number of benzene rings is 1. The Labute approximate surface area is 160 Å². The normalized spacial score (nSPS) is 12.5. The van der Waals surface area contributed by atoms with Gasteiger partial charge in [-0.25, -0.2) is 9.47 Å². The Morgan fingerprint density at radius 2 is 1.92 bits per heavy atom. The molecule has 1 atom stereocenters. The highest BCUT2D eigenvalue weighted by Gasteiger charge is 2.23. The van der Waals surface area contributed by atoms with E-state index in [1.807, 2.05) is 26.8 Å². The molecule has 10 heteroatoms. The molecule has 0 bridgehead atoms. The van der Waals surface area contributed by atoms with Crippen molar-refractivity contribution in [3.63, 3.8) is 0 Å². The summed E-state index contributed by atoms with van der Waals surface area (Å²) in [7, 11) is 0. The Hall–Kier alpha value is -2.26. The third-order valence-corrected chi connectivity index (χ3v) is 4.54. The van der Waals surface area contributed by atoms with E-state index in [-0.39, 0.29) is 0 Å². The van der Waals surface area contributed by atoms with Crippen LogP contribution in [0.2, 0.25) is 5.02 Å². The fourth-order valence-electron chi connectivity index (χ4n) is 1.98. The Kier molecular flexibility index (Phi) is 6.14. The summed E-state index contributed by atoms with van der Waals surface area (Å²) in [6.07, 6.45) is 0. The number of hydrogen-bond acceptors (Lipinski definition) is 6. The molecular weight excluding hydrogens is 376 g/mol. The molecule has 0 saturated carbocycles. The lowest BCUT2D eigenvalue weighted by Gasteiger charge is -2.21. The van der Waals surface area contributed by atoms with E-state index in [0.29, 0.717) is 21.6 Å². The second-order valence-electron chi connectivity index (χ2n) is 6.61. The second kappa shape index (κ2) is 7.96. The first-order chi connectivity index (χ1) is 12.1. The molecule has 1 aromatic heterocycles. The molecule has 0 unspecified atom stereocenters. The largest absolute Gasteiger partial charge is 0.335 e. The first-order valence-corrected chi connectivity index (χ1v) is 9.09. The number of nitrogens with one attached hydrogen (secondary N) is 2. The summed E-state index contributed by atoms with van der Waals surface area (Å²) < 4.78 is 1.27. The zero-order chi connectivity index (χ0) is 19.5. The van der Waals surface area contributed by atoms with Crippen molar-refractivity contribution in [3.05, 3.63) is 29.3 Å². The zero-order valence-corrected chi connectivity index (χ0v) is 16.5. The van der Waals surface area contributed by atoms with Crippen LogP contribution >= 0.6 is 23.4 Å². The molecule has 0 saturated heterocycles. The van der Waals surface area contributed by atoms with Crippen LogP contribution in [0.1, 0.15) is 27.7 Å². The van der Waals surface area contributed by atoms with E-state index >= 15 is 0 Å². The summed E-state index contributed by atoms with van der Waals surface area (Å²) in [5, 5.41) is 13.2. The summed E-state index contributed by atoms with van der Waals surface area (Å²) >= 11 is 7.24. The summed E-state index contributed by atoms with van der Waals surface area (Å²) in [4.78, 5) is 24.0. The van der Waals surface area contributed by atoms with E-state index in [0.717, 1.165) is 11.8 Å². The third kappa shape index (κ3) is 5.12. The minimum absolute atomic E-state index is 0.332. The summed E-state index contributed by atoms with van der Waals surface area (Å²) in [6, 6.07) is 6.56. The fourth-order valence-corrected chi connectivity index (χ4v) is 2.97. The fraction of sp³-hybridized carbons (Fsp3) is 0.375. The number of thioether (sulfide) groups is 1. The number of imide groups is 1. The monoisotopic (exact) mass is 396 g/mol. The molecular formula is C16H21ClN6O2S. The number of carbonyl (C=O) groups is 2. The van der Waals surface area contributed by atoms with Crippen molar-refractivity contribution in [1.29, 1.82) is 0 Å². The van der Waals surface area contributed by atoms with Crippen molar-refractivity contribution in [2.45, 2.75) is 43.6 Å². The van der Waals surface area contributed by atoms with Crippen LogP contribution in [0.5, 0.6) is 0 Å². The van der Waals surface area contributed by atoms with Gasteiger partial charge in [-0.15, -0.1) is 10.2 Å². The van der Waals surface area contributed by atoms with Gasteiger partial charge in [-0.3, -0.25) is 10.1 Å². The van der Waals surface area contributed by atoms with Gasteiger partial charge in [0.2, 0.25) is 11.1 Å². The van der Waals surface area contributed by atoms with Gasteiger partial charge in [0, 0.05) is 11.1 Å². The van der Waals surface area contributed by atoms with Crippen molar-refractivity contribution in [2.24, 2.45) is 0 Å². The quantitative estimate of drug-likeness (QED) is 0.540. The van der Waals surface area contributed by atoms with Crippen LogP contribution in [0, 0.1) is 0 Å². The number of carbonyl (C=O) groups excluding carboxylic acids is 2. The van der Waals surface area contributed by atoms with Crippen LogP contribution < -0.4 is 16.5 Å². The number of hydrogen-bond donors (Lipinski definition) is 3. The van der Waals surface area contributed by atoms with Gasteiger partial charge < -0.3 is 11.2 Å². The average Bonchev–Trinajstić information content (AvgIpc) is 2.86. The van der Waals surface area contributed by atoms with Crippen LogP contribution in [0.4, 0.5) is 4.79 Å². The van der Waals surface area contributed by atoms with E-state index < -0.39 is 22.7 Å². The molecule has 8 nitrogen and oxygen atoms in total. The van der Waals surface area contributed by atoms with Gasteiger partial charge in [0.25, 0.3) is 0 Å². The molecule has 26 heavy (non-hydrogen) atoms. The number of amides is 3. The number of aromatic nitrogens is 3. The van der Waals surface area contributed by atoms with E-state index in [1.165, 1.54) is 4.68 Å². The van der Waals surface area contributed by atoms with Crippen molar-refractivity contribution in [2.75, 3.05) is 5.84 Å². The standard InChI is InChI=1S/C16H21ClN6O2S/c1-9(13(24)19-14(25)20-16(2,3)4)26-15-22-21-12(23(15)18)10-7-5-6-8-11(10)17/h5-9H,18H2,1-4H3,(H2,19,20,24,25)/t9-/m1/s1. The lowest BCUT2D eigenvalue weighted by molar-refractivity contribution is -0.119. The van der Waals surface area contributed by atoms with Gasteiger partial charge in [0.15, 0.2) is 5.82 Å². The van der Waals surface area contributed by atoms with Crippen molar-refractivity contribution >= 4 is 35.3 Å². The first-order valence-electron chi connectivity index (χ1n) is 7.83. The summed E-state index contributed by atoms with van der Waals surface area (Å²) in [5.74, 6) is 5.96. The molecule has 2 rings (SSSR count). The van der Waals surface area contributed by atoms with Gasteiger partial charge >= 0.3 is 6.03 Å². The smallest absolute Gasteiger partial charge is 0.321 e. The Morgan fingerprint density at radius 3 is 2.54 bits per heavy atom. The minimum atomic E-state index is -0.605. The van der Waals surface area contributed by atoms with E-state index in [2.05, 4.69) is 20.8 Å². The van der Waals surface area contributed by atoms with E-state index in [4.69, 9.17) is 17.4 Å². The Bertz CT molecular complexity index is 817. The molecule has 0 aliphatic rings. The van der Waals surface area contributed by atoms with Gasteiger partial charge in [-0.1, -0.05) is 35.5 Å². The van der Waals surface area contributed by atoms with Crippen LogP contribution in [0.25, 0.3) is 11.4 Å². The highest BCUT2D eigenvalue weighted by molar-refractivity contribution is 8.00. The Morgan fingerprint density at radius 1 is 1.27 bits per heavy atom. The molecule has 1 heterocycles. The summed E-state index contributed by atoms with van der Waals surface area (Å²) in [5.41, 5.74) is 0.194. The topological polar surface area (TPSA) is 115 Å². The predicted molar refractivity (Wildman–Crippen MR) is 102 cm³/mol. The molecule has 0 fully saturated rings. The van der Waals surface area contributed by atoms with Crippen molar-refractivity contribution in [1.82, 2.24) is 25.5 Å². The number of nitrogen functional groups attached to an aromatic ring is 1. The zero-order valence-electron chi connectivity index (χ0n) is 14.9. The number of nitrogens with zero attached hydrogens (tertiary/aromatic N) is 3. The van der Waals surface area contributed by atoms with E-state index in [1.54, 1.807) is 25.1 Å². The predicted octanol–water partition coefficient (Wildman–Crippen LogP) is 2.42. The molecule has 3 amide bonds. The first kappa shape index (κ1) is 20.1. The van der Waals surface area contributed by atoms with Crippen LogP contribution in [0.15, 0.2) is 29.4 Å². The Balaban J connectivity index is 2.06. The molecule has 0 radical (unpaired) electrons. The van der Waals surface area contributed by atoms with Gasteiger partial charge in [-0.2, -0.15) is 0 Å². The molecule has 0 aliphatic heterocycles. The highest BCUT2D eigenvalue weighted by Crippen LogP contribution is 2.28. The van der Waals surface area contributed by atoms with Crippen LogP contribution in [0.3, 0.4) is 0 Å². The van der Waals surface area contributed by atoms with Crippen molar-refractivity contribution < 1.29 is 9.59 Å². The molecule has 140 valence electrons. The van der Waals surface area contributed by atoms with Gasteiger partial charge in [0.1, 0.15) is 0 Å². The van der Waals surface area contributed by atoms with Gasteiger partial charge in [0.05, 0.1) is 10.3 Å². The SMILES string of the molecule is C[C@@H](Sc1nnc(-c2ccccc2Cl)n1N)C(=O)NC(=O)NC(C)(C)C. The minimum Gasteiger partial charge on any atom is -0.335 e. The lowest BCUT2D eigenvalue weighted by Crippen LogP contribution is -2.49. The third-order valence-electron chi connectivity index (χ3n) is 3.16. The molecule has 1 aromatic carbocycles. The van der Waals surface area contributed by atoms with Crippen LogP contribution in [-0.2, 0) is 4.79 Å². The molecule has 2 aromatic rings. The molecule has 0 aliphatic carbocycles. The molecule has 0 spiro atoms. The molecule has 4 N–H and O–H groups in total. The van der Waals surface area contributed by atoms with Crippen LogP contribution in [-0.4, -0.2) is 37.6 Å². The summed E-state index contributed by atoms with van der Waals surface area (Å²) in [6.45, 7) is 7.11. The number of urea groups is 1. The van der Waals surface area contributed by atoms with Gasteiger partial charge in [-0.05, 0) is 39.8 Å². The van der Waals surface area contributed by atoms with E-state index in [9.17, 15) is 9.59 Å². The highest BCUT2D eigenvalue weighted by atomic mass is 35.5. The van der Waals surface area contributed by atoms with Crippen molar-refractivity contribution in [3.8, 4) is 11.4 Å². The maximum Gasteiger partial charge on any atom is 0.321 e. The number of halogens is 1. The second-order valence-corrected chi connectivity index (χ2v) is 8.32. The number of nitrogens with two attached hydrogens (primary N) is 1. The maximum atomic E-state index is 12.2.